The minimum Gasteiger partial charge on any atom is -0.462 e. The van der Waals surface area contributed by atoms with Crippen molar-refractivity contribution in [2.75, 3.05) is 13.2 Å². The largest absolute Gasteiger partial charge is 0.462 e. The topological polar surface area (TPSA) is 78.9 Å². The molecular weight excluding hydrogens is 997 g/mol. The molecule has 81 heavy (non-hydrogen) atoms. The Morgan fingerprint density at radius 3 is 0.617 bits per heavy atom. The van der Waals surface area contributed by atoms with Crippen molar-refractivity contribution in [2.24, 2.45) is 0 Å². The van der Waals surface area contributed by atoms with E-state index in [9.17, 15) is 14.4 Å². The van der Waals surface area contributed by atoms with Gasteiger partial charge in [0.1, 0.15) is 13.2 Å². The van der Waals surface area contributed by atoms with Crippen LogP contribution < -0.4 is 0 Å². The van der Waals surface area contributed by atoms with E-state index in [2.05, 4.69) is 32.9 Å². The number of rotatable bonds is 70. The van der Waals surface area contributed by atoms with E-state index >= 15 is 0 Å². The summed E-state index contributed by atoms with van der Waals surface area (Å²) in [6.07, 6.45) is 86.2. The number of esters is 3. The summed E-state index contributed by atoms with van der Waals surface area (Å²) in [6.45, 7) is 6.64. The Morgan fingerprint density at radius 2 is 0.407 bits per heavy atom. The molecule has 0 saturated heterocycles. The molecule has 0 aromatic rings. The fraction of sp³-hybridized carbons (Fsp3) is 0.933. The normalized spacial score (nSPS) is 12.0. The van der Waals surface area contributed by atoms with E-state index in [1.807, 2.05) is 0 Å². The second-order valence-electron chi connectivity index (χ2n) is 25.6. The molecular formula is C75H144O6. The molecule has 0 aliphatic rings. The highest BCUT2D eigenvalue weighted by molar-refractivity contribution is 5.71. The number of carbonyl (C=O) groups is 3. The zero-order chi connectivity index (χ0) is 58.5. The maximum Gasteiger partial charge on any atom is 0.306 e. The number of hydrogen-bond donors (Lipinski definition) is 0. The zero-order valence-electron chi connectivity index (χ0n) is 55.4. The maximum absolute atomic E-state index is 12.9. The molecule has 0 aliphatic carbocycles. The van der Waals surface area contributed by atoms with Crippen LogP contribution in [0.5, 0.6) is 0 Å². The van der Waals surface area contributed by atoms with Crippen molar-refractivity contribution in [3.63, 3.8) is 0 Å². The monoisotopic (exact) mass is 1140 g/mol. The number of unbranched alkanes of at least 4 members (excludes halogenated alkanes) is 57. The number of hydrogen-bond acceptors (Lipinski definition) is 6. The molecule has 0 saturated carbocycles. The van der Waals surface area contributed by atoms with Gasteiger partial charge >= 0.3 is 17.9 Å². The fourth-order valence-corrected chi connectivity index (χ4v) is 11.7. The molecule has 0 bridgehead atoms. The van der Waals surface area contributed by atoms with Crippen molar-refractivity contribution in [1.29, 1.82) is 0 Å². The van der Waals surface area contributed by atoms with Gasteiger partial charge in [-0.15, -0.1) is 0 Å². The van der Waals surface area contributed by atoms with Crippen molar-refractivity contribution >= 4 is 17.9 Å². The van der Waals surface area contributed by atoms with E-state index in [0.717, 1.165) is 64.2 Å². The molecule has 0 N–H and O–H groups in total. The van der Waals surface area contributed by atoms with Crippen LogP contribution in [0.15, 0.2) is 12.2 Å². The number of carbonyl (C=O) groups excluding carboxylic acids is 3. The molecule has 0 rings (SSSR count). The lowest BCUT2D eigenvalue weighted by molar-refractivity contribution is -0.167. The molecule has 0 aromatic heterocycles. The lowest BCUT2D eigenvalue weighted by atomic mass is 10.0. The molecule has 0 aliphatic heterocycles. The third kappa shape index (κ3) is 68.8. The summed E-state index contributed by atoms with van der Waals surface area (Å²) in [5, 5.41) is 0. The zero-order valence-corrected chi connectivity index (χ0v) is 55.4. The summed E-state index contributed by atoms with van der Waals surface area (Å²) >= 11 is 0. The number of allylic oxidation sites excluding steroid dienone is 2. The molecule has 0 aromatic carbocycles. The van der Waals surface area contributed by atoms with Crippen molar-refractivity contribution in [3.8, 4) is 0 Å². The second kappa shape index (κ2) is 70.6. The van der Waals surface area contributed by atoms with Gasteiger partial charge in [-0.2, -0.15) is 0 Å². The van der Waals surface area contributed by atoms with Gasteiger partial charge in [0.05, 0.1) is 0 Å². The van der Waals surface area contributed by atoms with Crippen LogP contribution in [-0.2, 0) is 28.6 Å². The van der Waals surface area contributed by atoms with Crippen LogP contribution in [-0.4, -0.2) is 37.2 Å². The average Bonchev–Trinajstić information content (AvgIpc) is 3.47. The first-order chi connectivity index (χ1) is 40.0. The molecule has 6 heteroatoms. The van der Waals surface area contributed by atoms with Crippen molar-refractivity contribution in [3.05, 3.63) is 12.2 Å². The van der Waals surface area contributed by atoms with Gasteiger partial charge in [-0.3, -0.25) is 14.4 Å². The summed E-state index contributed by atoms with van der Waals surface area (Å²) in [5.74, 6) is -0.848. The van der Waals surface area contributed by atoms with Crippen molar-refractivity contribution < 1.29 is 28.6 Å². The summed E-state index contributed by atoms with van der Waals surface area (Å²) < 4.78 is 16.8. The summed E-state index contributed by atoms with van der Waals surface area (Å²) in [7, 11) is 0. The van der Waals surface area contributed by atoms with Gasteiger partial charge in [0, 0.05) is 19.3 Å². The predicted molar refractivity (Wildman–Crippen MR) is 353 cm³/mol. The van der Waals surface area contributed by atoms with E-state index in [0.29, 0.717) is 19.3 Å². The molecule has 6 nitrogen and oxygen atoms in total. The van der Waals surface area contributed by atoms with Crippen LogP contribution >= 0.6 is 0 Å². The van der Waals surface area contributed by atoms with Gasteiger partial charge < -0.3 is 14.2 Å². The van der Waals surface area contributed by atoms with Gasteiger partial charge in [-0.25, -0.2) is 0 Å². The van der Waals surface area contributed by atoms with Gasteiger partial charge in [-0.05, 0) is 44.9 Å². The van der Waals surface area contributed by atoms with Crippen LogP contribution in [0.1, 0.15) is 432 Å². The standard InChI is InChI=1S/C75H144O6/c1-4-7-10-13-15-17-19-21-23-25-27-29-31-33-34-35-36-37-38-39-40-42-43-45-47-49-51-53-55-57-59-62-65-68-74(77)80-71-72(70-79-73(76)67-64-61-12-9-6-3)81-75(78)69-66-63-60-58-56-54-52-50-48-46-44-41-32-30-28-26-24-22-20-18-16-14-11-8-5-2/h26,28,72H,4-25,27,29-71H2,1-3H3/b28-26-. The number of ether oxygens (including phenoxy) is 3. The Kier molecular flexibility index (Phi) is 69.0. The lowest BCUT2D eigenvalue weighted by Gasteiger charge is -2.18. The second-order valence-corrected chi connectivity index (χ2v) is 25.6. The molecule has 480 valence electrons. The van der Waals surface area contributed by atoms with Crippen LogP contribution in [0.4, 0.5) is 0 Å². The van der Waals surface area contributed by atoms with Crippen LogP contribution in [0.3, 0.4) is 0 Å². The molecule has 0 amide bonds. The third-order valence-electron chi connectivity index (χ3n) is 17.3. The van der Waals surface area contributed by atoms with Gasteiger partial charge in [0.25, 0.3) is 0 Å². The average molecular weight is 1140 g/mol. The first-order valence-corrected chi connectivity index (χ1v) is 37.2. The summed E-state index contributed by atoms with van der Waals surface area (Å²) in [5.41, 5.74) is 0. The molecule has 0 heterocycles. The SMILES string of the molecule is CCCCCCCCCC/C=C\CCCCCCCCCCCCCCCC(=O)OC(COC(=O)CCCCCCC)COC(=O)CCCCCCCCCCCCCCCCCCCCCCCCCCCCCCCCCCC. The Morgan fingerprint density at radius 1 is 0.235 bits per heavy atom. The van der Waals surface area contributed by atoms with Gasteiger partial charge in [-0.1, -0.05) is 380 Å². The highest BCUT2D eigenvalue weighted by Gasteiger charge is 2.20. The quantitative estimate of drug-likeness (QED) is 0.0261. The first-order valence-electron chi connectivity index (χ1n) is 37.2. The van der Waals surface area contributed by atoms with E-state index < -0.39 is 6.10 Å². The fourth-order valence-electron chi connectivity index (χ4n) is 11.7. The van der Waals surface area contributed by atoms with Crippen LogP contribution in [0, 0.1) is 0 Å². The maximum atomic E-state index is 12.9. The molecule has 1 unspecified atom stereocenters. The van der Waals surface area contributed by atoms with E-state index in [-0.39, 0.29) is 31.1 Å². The Labute approximate surface area is 507 Å². The van der Waals surface area contributed by atoms with E-state index in [1.54, 1.807) is 0 Å². The summed E-state index contributed by atoms with van der Waals surface area (Å²) in [4.78, 5) is 38.0. The molecule has 0 radical (unpaired) electrons. The predicted octanol–water partition coefficient (Wildman–Crippen LogP) is 25.6. The highest BCUT2D eigenvalue weighted by atomic mass is 16.6. The van der Waals surface area contributed by atoms with Crippen LogP contribution in [0.25, 0.3) is 0 Å². The minimum atomic E-state index is -0.764. The van der Waals surface area contributed by atoms with Gasteiger partial charge in [0.2, 0.25) is 0 Å². The smallest absolute Gasteiger partial charge is 0.306 e. The molecule has 1 atom stereocenters. The highest BCUT2D eigenvalue weighted by Crippen LogP contribution is 2.20. The van der Waals surface area contributed by atoms with E-state index in [1.165, 1.54) is 327 Å². The Balaban J connectivity index is 3.86. The van der Waals surface area contributed by atoms with Crippen molar-refractivity contribution in [1.82, 2.24) is 0 Å². The van der Waals surface area contributed by atoms with Crippen molar-refractivity contribution in [2.45, 2.75) is 438 Å². The Bertz CT molecular complexity index is 1260. The van der Waals surface area contributed by atoms with Gasteiger partial charge in [0.15, 0.2) is 6.10 Å². The Hall–Kier alpha value is -1.85. The van der Waals surface area contributed by atoms with E-state index in [4.69, 9.17) is 14.2 Å². The molecule has 0 fully saturated rings. The lowest BCUT2D eigenvalue weighted by Crippen LogP contribution is -2.30. The first kappa shape index (κ1) is 79.2. The third-order valence-corrected chi connectivity index (χ3v) is 17.3. The van der Waals surface area contributed by atoms with Crippen LogP contribution in [0.2, 0.25) is 0 Å². The molecule has 0 spiro atoms. The summed E-state index contributed by atoms with van der Waals surface area (Å²) in [6, 6.07) is 0. The minimum absolute atomic E-state index is 0.0644.